The first-order valence-electron chi connectivity index (χ1n) is 12.2. The van der Waals surface area contributed by atoms with Crippen molar-refractivity contribution >= 4 is 58.2 Å². The molecule has 0 saturated heterocycles. The van der Waals surface area contributed by atoms with Crippen molar-refractivity contribution in [1.82, 2.24) is 5.32 Å². The highest BCUT2D eigenvalue weighted by Gasteiger charge is 2.34. The van der Waals surface area contributed by atoms with Crippen LogP contribution in [0.4, 0.5) is 0 Å². The van der Waals surface area contributed by atoms with E-state index in [2.05, 4.69) is 18.9 Å². The number of carbonyl (C=O) groups is 5. The number of hydrogen-bond acceptors (Lipinski definition) is 12. The van der Waals surface area contributed by atoms with Crippen LogP contribution in [0.25, 0.3) is 0 Å². The summed E-state index contributed by atoms with van der Waals surface area (Å²) < 4.78 is 35.4. The number of rotatable bonds is 21. The lowest BCUT2D eigenvalue weighted by Crippen LogP contribution is -2.58. The maximum atomic E-state index is 12.9. The third kappa shape index (κ3) is 16.8. The fourth-order valence-corrected chi connectivity index (χ4v) is 3.43. The molecule has 224 valence electrons. The van der Waals surface area contributed by atoms with Crippen molar-refractivity contribution in [2.24, 2.45) is 0 Å². The van der Waals surface area contributed by atoms with Crippen LogP contribution in [0.2, 0.25) is 0 Å². The summed E-state index contributed by atoms with van der Waals surface area (Å²) in [4.78, 5) is 59.3. The van der Waals surface area contributed by atoms with Crippen LogP contribution in [0.5, 0.6) is 0 Å². The average Bonchev–Trinajstić information content (AvgIpc) is 2.96. The highest BCUT2D eigenvalue weighted by Crippen LogP contribution is 2.13. The summed E-state index contributed by atoms with van der Waals surface area (Å²) in [6, 6.07) is 9.20. The molecule has 1 aromatic carbocycles. The smallest absolute Gasteiger partial charge is 0.334 e. The molecule has 1 amide bonds. The van der Waals surface area contributed by atoms with E-state index in [0.717, 1.165) is 5.56 Å². The Hall–Kier alpha value is -2.26. The lowest BCUT2D eigenvalue weighted by Gasteiger charge is -2.34. The predicted molar refractivity (Wildman–Crippen MR) is 150 cm³/mol. The van der Waals surface area contributed by atoms with E-state index in [1.807, 2.05) is 58.7 Å². The molecule has 0 heterocycles. The van der Waals surface area contributed by atoms with Crippen molar-refractivity contribution in [1.29, 1.82) is 0 Å². The standard InChI is InChI=1S/C24H36NO12P3/c26-19(7-4-8-20(27)34-13-18-5-2-1-3-6-18)25-24(17-33-14-23(30)37-40,15-31-11-9-21(28)35-38)16-32-12-10-22(29)36-39/h1-3,5-6H,4,7-17,38-40H2,(H,25,26). The summed E-state index contributed by atoms with van der Waals surface area (Å²) in [7, 11) is 5.50. The summed E-state index contributed by atoms with van der Waals surface area (Å²) in [5.41, 5.74) is -0.470. The number of amides is 1. The number of esters is 1. The van der Waals surface area contributed by atoms with Crippen molar-refractivity contribution < 1.29 is 56.5 Å². The van der Waals surface area contributed by atoms with Crippen molar-refractivity contribution in [2.45, 2.75) is 44.2 Å². The molecule has 0 saturated carbocycles. The van der Waals surface area contributed by atoms with E-state index in [4.69, 9.17) is 18.9 Å². The van der Waals surface area contributed by atoms with Crippen LogP contribution in [-0.4, -0.2) is 75.0 Å². The Bertz CT molecular complexity index is 911. The summed E-state index contributed by atoms with van der Waals surface area (Å²) in [5, 5.41) is 2.79. The molecule has 0 aliphatic carbocycles. The van der Waals surface area contributed by atoms with Crippen LogP contribution in [0.15, 0.2) is 30.3 Å². The third-order valence-electron chi connectivity index (χ3n) is 5.08. The summed E-state index contributed by atoms with van der Waals surface area (Å²) in [6.07, 6.45) is 0.0800. The van der Waals surface area contributed by atoms with E-state index >= 15 is 0 Å². The second-order valence-electron chi connectivity index (χ2n) is 8.40. The van der Waals surface area contributed by atoms with Gasteiger partial charge in [-0.15, -0.1) is 0 Å². The first-order chi connectivity index (χ1) is 19.2. The quantitative estimate of drug-likeness (QED) is 0.120. The molecule has 0 aliphatic rings. The SMILES string of the molecule is O=C(CCCC(=O)OCc1ccccc1)NC(COCCC(=O)OP)(COCCC(=O)OP)COCC(=O)OP. The zero-order valence-electron chi connectivity index (χ0n) is 22.0. The van der Waals surface area contributed by atoms with E-state index in [1.54, 1.807) is 0 Å². The van der Waals surface area contributed by atoms with Crippen LogP contribution >= 0.6 is 28.4 Å². The van der Waals surface area contributed by atoms with Crippen LogP contribution in [-0.2, 0) is 63.1 Å². The second-order valence-corrected chi connectivity index (χ2v) is 9.10. The zero-order chi connectivity index (χ0) is 29.6. The van der Waals surface area contributed by atoms with Crippen LogP contribution in [0.1, 0.15) is 37.7 Å². The summed E-state index contributed by atoms with van der Waals surface area (Å²) in [5.74, 6) is -2.62. The van der Waals surface area contributed by atoms with E-state index in [-0.39, 0.29) is 71.7 Å². The largest absolute Gasteiger partial charge is 0.461 e. The molecule has 1 N–H and O–H groups in total. The van der Waals surface area contributed by atoms with Crippen LogP contribution in [0, 0.1) is 0 Å². The maximum Gasteiger partial charge on any atom is 0.334 e. The fraction of sp³-hybridized carbons (Fsp3) is 0.542. The van der Waals surface area contributed by atoms with Crippen LogP contribution in [0.3, 0.4) is 0 Å². The van der Waals surface area contributed by atoms with Crippen LogP contribution < -0.4 is 5.32 Å². The molecular weight excluding hydrogens is 587 g/mol. The van der Waals surface area contributed by atoms with E-state index in [1.165, 1.54) is 0 Å². The van der Waals surface area contributed by atoms with Crippen molar-refractivity contribution in [3.05, 3.63) is 35.9 Å². The molecule has 3 unspecified atom stereocenters. The Morgan fingerprint density at radius 3 is 1.77 bits per heavy atom. The normalized spacial score (nSPS) is 10.9. The topological polar surface area (TPSA) is 162 Å². The molecule has 0 aliphatic heterocycles. The van der Waals surface area contributed by atoms with Gasteiger partial charge in [-0.25, -0.2) is 4.79 Å². The molecule has 0 radical (unpaired) electrons. The lowest BCUT2D eigenvalue weighted by molar-refractivity contribution is -0.145. The molecule has 0 bridgehead atoms. The minimum absolute atomic E-state index is 0.0189. The first kappa shape index (κ1) is 35.8. The van der Waals surface area contributed by atoms with Crippen molar-refractivity contribution in [2.75, 3.05) is 39.6 Å². The predicted octanol–water partition coefficient (Wildman–Crippen LogP) is 1.58. The fourth-order valence-electron chi connectivity index (χ4n) is 3.12. The minimum atomic E-state index is -1.32. The number of hydrogen-bond donors (Lipinski definition) is 1. The minimum Gasteiger partial charge on any atom is -0.461 e. The van der Waals surface area contributed by atoms with Gasteiger partial charge in [0.2, 0.25) is 5.91 Å². The Kier molecular flexibility index (Phi) is 19.2. The second kappa shape index (κ2) is 21.5. The number of benzene rings is 1. The van der Waals surface area contributed by atoms with Gasteiger partial charge in [-0.1, -0.05) is 30.3 Å². The highest BCUT2D eigenvalue weighted by molar-refractivity contribution is 7.11. The molecule has 3 atom stereocenters. The van der Waals surface area contributed by atoms with Gasteiger partial charge in [0.1, 0.15) is 18.8 Å². The molecule has 1 rings (SSSR count). The molecular formula is C24H36NO12P3. The maximum absolute atomic E-state index is 12.9. The monoisotopic (exact) mass is 623 g/mol. The number of ether oxygens (including phenoxy) is 4. The lowest BCUT2D eigenvalue weighted by atomic mass is 10.0. The molecule has 0 spiro atoms. The summed E-state index contributed by atoms with van der Waals surface area (Å²) >= 11 is 0. The van der Waals surface area contributed by atoms with E-state index in [9.17, 15) is 24.0 Å². The van der Waals surface area contributed by atoms with E-state index in [0.29, 0.717) is 0 Å². The highest BCUT2D eigenvalue weighted by atomic mass is 31.0. The van der Waals surface area contributed by atoms with Gasteiger partial charge in [-0.05, 0) is 12.0 Å². The zero-order valence-corrected chi connectivity index (χ0v) is 25.5. The Balaban J connectivity index is 2.78. The molecule has 16 heteroatoms. The first-order valence-corrected chi connectivity index (χ1v) is 13.6. The van der Waals surface area contributed by atoms with Crippen molar-refractivity contribution in [3.8, 4) is 0 Å². The Labute approximate surface area is 239 Å². The van der Waals surface area contributed by atoms with E-state index < -0.39 is 41.9 Å². The Morgan fingerprint density at radius 2 is 1.23 bits per heavy atom. The number of nitrogens with one attached hydrogen (secondary N) is 1. The van der Waals surface area contributed by atoms with Gasteiger partial charge in [0.25, 0.3) is 0 Å². The number of carbonyl (C=O) groups excluding carboxylic acids is 5. The summed E-state index contributed by atoms with van der Waals surface area (Å²) in [6.45, 7) is -0.949. The van der Waals surface area contributed by atoms with Gasteiger partial charge in [-0.2, -0.15) is 0 Å². The van der Waals surface area contributed by atoms with Gasteiger partial charge >= 0.3 is 23.9 Å². The Morgan fingerprint density at radius 1 is 0.675 bits per heavy atom. The third-order valence-corrected chi connectivity index (χ3v) is 5.87. The van der Waals surface area contributed by atoms with Crippen molar-refractivity contribution in [3.63, 3.8) is 0 Å². The van der Waals surface area contributed by atoms with Gasteiger partial charge in [0.15, 0.2) is 0 Å². The molecule has 40 heavy (non-hydrogen) atoms. The molecule has 0 fully saturated rings. The average molecular weight is 623 g/mol. The van der Waals surface area contributed by atoms with Gasteiger partial charge in [0.05, 0.1) is 74.3 Å². The molecule has 13 nitrogen and oxygen atoms in total. The van der Waals surface area contributed by atoms with Gasteiger partial charge in [0, 0.05) is 12.8 Å². The van der Waals surface area contributed by atoms with Gasteiger partial charge in [-0.3, -0.25) is 19.2 Å². The van der Waals surface area contributed by atoms with Gasteiger partial charge < -0.3 is 37.8 Å². The molecule has 1 aromatic rings. The molecule has 0 aromatic heterocycles.